The Hall–Kier alpha value is -0.553. The van der Waals surface area contributed by atoms with E-state index in [0.29, 0.717) is 0 Å². The second-order valence-corrected chi connectivity index (χ2v) is 6.85. The molecule has 0 spiro atoms. The summed E-state index contributed by atoms with van der Waals surface area (Å²) in [6.07, 6.45) is 0. The molecule has 0 amide bonds. The van der Waals surface area contributed by atoms with E-state index >= 15 is 0 Å². The molecule has 62 valence electrons. The van der Waals surface area contributed by atoms with Gasteiger partial charge in [0, 0.05) is 5.41 Å². The summed E-state index contributed by atoms with van der Waals surface area (Å²) in [5.41, 5.74) is -0.0427. The van der Waals surface area contributed by atoms with E-state index in [4.69, 9.17) is 0 Å². The monoisotopic (exact) mass is 168 g/mol. The maximum Gasteiger partial charge on any atom is 0.176 e. The highest BCUT2D eigenvalue weighted by molar-refractivity contribution is 6.91. The first-order valence-electron chi connectivity index (χ1n) is 3.90. The molecule has 0 unspecified atom stereocenters. The van der Waals surface area contributed by atoms with E-state index in [-0.39, 0.29) is 10.8 Å². The molecular formula is C9H16OSi. The van der Waals surface area contributed by atoms with Gasteiger partial charge in [0.2, 0.25) is 0 Å². The predicted octanol–water partition coefficient (Wildman–Crippen LogP) is 1.63. The van der Waals surface area contributed by atoms with E-state index in [9.17, 15) is 4.79 Å². The smallest absolute Gasteiger partial charge is 0.176 e. The highest BCUT2D eigenvalue weighted by Gasteiger charge is 2.07. The fourth-order valence-corrected chi connectivity index (χ4v) is 0.754. The summed E-state index contributed by atoms with van der Waals surface area (Å²) in [6.45, 7) is 10.0. The zero-order valence-corrected chi connectivity index (χ0v) is 9.14. The van der Waals surface area contributed by atoms with Crippen molar-refractivity contribution < 1.29 is 4.79 Å². The number of carbonyl (C=O) groups is 1. The highest BCUT2D eigenvalue weighted by atomic mass is 28.3. The Morgan fingerprint density at radius 3 is 2.00 bits per heavy atom. The third-order valence-electron chi connectivity index (χ3n) is 1.09. The van der Waals surface area contributed by atoms with Crippen molar-refractivity contribution in [2.45, 2.75) is 33.9 Å². The molecule has 0 aliphatic carbocycles. The van der Waals surface area contributed by atoms with Gasteiger partial charge < -0.3 is 0 Å². The summed E-state index contributed by atoms with van der Waals surface area (Å²) in [5.74, 6) is 5.63. The van der Waals surface area contributed by atoms with Gasteiger partial charge in [-0.15, -0.1) is 0 Å². The Morgan fingerprint density at radius 2 is 1.73 bits per heavy atom. The van der Waals surface area contributed by atoms with Crippen molar-refractivity contribution in [2.75, 3.05) is 0 Å². The first-order chi connectivity index (χ1) is 4.83. The number of carbonyl (C=O) groups excluding carboxylic acids is 1. The fourth-order valence-electron chi connectivity index (χ4n) is 0.393. The van der Waals surface area contributed by atoms with Gasteiger partial charge >= 0.3 is 0 Å². The van der Waals surface area contributed by atoms with Crippen molar-refractivity contribution >= 4 is 14.2 Å². The maximum absolute atomic E-state index is 11.1. The number of rotatable bonds is 1. The summed E-state index contributed by atoms with van der Waals surface area (Å²) >= 11 is 0. The van der Waals surface area contributed by atoms with E-state index in [1.54, 1.807) is 0 Å². The molecular weight excluding hydrogens is 152 g/mol. The van der Waals surface area contributed by atoms with Crippen LogP contribution in [0, 0.1) is 17.3 Å². The molecule has 1 nitrogen and oxygen atoms in total. The van der Waals surface area contributed by atoms with Crippen LogP contribution in [0.15, 0.2) is 0 Å². The summed E-state index contributed by atoms with van der Waals surface area (Å²) in [5, 5.41) is 0.167. The van der Waals surface area contributed by atoms with Gasteiger partial charge in [-0.2, -0.15) is 0 Å². The summed E-state index contributed by atoms with van der Waals surface area (Å²) in [4.78, 5) is 11.1. The molecule has 0 bridgehead atoms. The Morgan fingerprint density at radius 1 is 1.27 bits per heavy atom. The lowest BCUT2D eigenvalue weighted by molar-refractivity contribution is -0.107. The van der Waals surface area contributed by atoms with Crippen molar-refractivity contribution in [2.24, 2.45) is 5.41 Å². The summed E-state index contributed by atoms with van der Waals surface area (Å²) < 4.78 is 0. The molecule has 0 aliphatic heterocycles. The van der Waals surface area contributed by atoms with Gasteiger partial charge in [-0.25, -0.2) is 0 Å². The average molecular weight is 168 g/mol. The molecule has 0 fully saturated rings. The lowest BCUT2D eigenvalue weighted by Gasteiger charge is -2.06. The Balaban J connectivity index is 4.20. The SMILES string of the molecule is C[SiH](C)C(=O)C#CC(C)(C)C. The van der Waals surface area contributed by atoms with E-state index < -0.39 is 8.80 Å². The molecule has 0 atom stereocenters. The second kappa shape index (κ2) is 3.73. The van der Waals surface area contributed by atoms with Gasteiger partial charge in [-0.3, -0.25) is 4.79 Å². The van der Waals surface area contributed by atoms with E-state index in [0.717, 1.165) is 0 Å². The van der Waals surface area contributed by atoms with Crippen LogP contribution >= 0.6 is 0 Å². The fraction of sp³-hybridized carbons (Fsp3) is 0.667. The molecule has 0 radical (unpaired) electrons. The zero-order chi connectivity index (χ0) is 9.07. The van der Waals surface area contributed by atoms with Crippen molar-refractivity contribution in [3.63, 3.8) is 0 Å². The van der Waals surface area contributed by atoms with Gasteiger partial charge in [0.1, 0.15) is 8.80 Å². The van der Waals surface area contributed by atoms with E-state index in [1.165, 1.54) is 0 Å². The van der Waals surface area contributed by atoms with Crippen molar-refractivity contribution in [3.05, 3.63) is 0 Å². The van der Waals surface area contributed by atoms with Crippen LogP contribution in [-0.2, 0) is 4.79 Å². The quantitative estimate of drug-likeness (QED) is 0.429. The van der Waals surface area contributed by atoms with Gasteiger partial charge in [0.15, 0.2) is 5.41 Å². The normalized spacial score (nSPS) is 10.7. The second-order valence-electron chi connectivity index (χ2n) is 4.02. The molecule has 0 saturated carbocycles. The molecule has 0 aromatic heterocycles. The standard InChI is InChI=1S/C9H16OSi/c1-9(2,3)7-6-8(10)11(4)5/h11H,1-5H3. The molecule has 0 N–H and O–H groups in total. The molecule has 0 heterocycles. The minimum absolute atomic E-state index is 0.0427. The molecule has 2 heteroatoms. The Bertz CT molecular complexity index is 200. The minimum Gasteiger partial charge on any atom is -0.292 e. The van der Waals surface area contributed by atoms with Crippen LogP contribution in [0.2, 0.25) is 13.1 Å². The molecule has 0 saturated heterocycles. The maximum atomic E-state index is 11.1. The van der Waals surface area contributed by atoms with Crippen LogP contribution in [0.3, 0.4) is 0 Å². The van der Waals surface area contributed by atoms with Gasteiger partial charge in [-0.05, 0) is 26.7 Å². The van der Waals surface area contributed by atoms with Gasteiger partial charge in [0.05, 0.1) is 0 Å². The van der Waals surface area contributed by atoms with Crippen molar-refractivity contribution in [1.29, 1.82) is 0 Å². The molecule has 0 rings (SSSR count). The number of hydrogen-bond acceptors (Lipinski definition) is 1. The molecule has 0 aromatic carbocycles. The Labute approximate surface area is 70.8 Å². The topological polar surface area (TPSA) is 17.1 Å². The lowest BCUT2D eigenvalue weighted by Crippen LogP contribution is -2.15. The van der Waals surface area contributed by atoms with E-state index in [2.05, 4.69) is 11.8 Å². The molecule has 0 aliphatic rings. The predicted molar refractivity (Wildman–Crippen MR) is 51.1 cm³/mol. The van der Waals surface area contributed by atoms with Crippen molar-refractivity contribution in [3.8, 4) is 11.8 Å². The van der Waals surface area contributed by atoms with Crippen LogP contribution in [0.5, 0.6) is 0 Å². The third-order valence-corrected chi connectivity index (χ3v) is 2.28. The largest absolute Gasteiger partial charge is 0.292 e. The Kier molecular flexibility index (Phi) is 3.54. The lowest BCUT2D eigenvalue weighted by atomic mass is 9.98. The van der Waals surface area contributed by atoms with Crippen molar-refractivity contribution in [1.82, 2.24) is 0 Å². The first-order valence-corrected chi connectivity index (χ1v) is 6.78. The minimum atomic E-state index is -1.17. The van der Waals surface area contributed by atoms with E-state index in [1.807, 2.05) is 33.9 Å². The van der Waals surface area contributed by atoms with Crippen LogP contribution in [-0.4, -0.2) is 14.2 Å². The highest BCUT2D eigenvalue weighted by Crippen LogP contribution is 2.09. The van der Waals surface area contributed by atoms with Crippen LogP contribution in [0.4, 0.5) is 0 Å². The molecule has 11 heavy (non-hydrogen) atoms. The number of hydrogen-bond donors (Lipinski definition) is 0. The molecule has 0 aromatic rings. The summed E-state index contributed by atoms with van der Waals surface area (Å²) in [6, 6.07) is 0. The van der Waals surface area contributed by atoms with Crippen LogP contribution in [0.25, 0.3) is 0 Å². The van der Waals surface area contributed by atoms with Crippen LogP contribution < -0.4 is 0 Å². The van der Waals surface area contributed by atoms with Gasteiger partial charge in [0.25, 0.3) is 0 Å². The summed E-state index contributed by atoms with van der Waals surface area (Å²) in [7, 11) is -1.17. The van der Waals surface area contributed by atoms with Crippen LogP contribution in [0.1, 0.15) is 20.8 Å². The average Bonchev–Trinajstić information content (AvgIpc) is 1.80. The first kappa shape index (κ1) is 10.4. The third kappa shape index (κ3) is 5.87. The van der Waals surface area contributed by atoms with Gasteiger partial charge in [-0.1, -0.05) is 19.0 Å². The zero-order valence-electron chi connectivity index (χ0n) is 7.99.